The average molecular weight is 327 g/mol. The SMILES string of the molecule is CCCOC1NN=C(c2ccc(S(C)(=O)=O)cc2)C1(C)NO. The maximum atomic E-state index is 11.5. The zero-order valence-corrected chi connectivity index (χ0v) is 13.6. The van der Waals surface area contributed by atoms with Gasteiger partial charge < -0.3 is 9.94 Å². The number of nitrogens with one attached hydrogen (secondary N) is 2. The van der Waals surface area contributed by atoms with E-state index in [9.17, 15) is 13.6 Å². The Morgan fingerprint density at radius 2 is 2.05 bits per heavy atom. The quantitative estimate of drug-likeness (QED) is 0.671. The Morgan fingerprint density at radius 3 is 2.55 bits per heavy atom. The third-order valence-corrected chi connectivity index (χ3v) is 4.72. The van der Waals surface area contributed by atoms with E-state index in [1.807, 2.05) is 6.92 Å². The molecular formula is C14H21N3O4S. The number of hydroxylamine groups is 1. The van der Waals surface area contributed by atoms with E-state index in [1.54, 1.807) is 19.1 Å². The summed E-state index contributed by atoms with van der Waals surface area (Å²) in [6, 6.07) is 6.36. The van der Waals surface area contributed by atoms with Gasteiger partial charge in [0, 0.05) is 12.9 Å². The van der Waals surface area contributed by atoms with Gasteiger partial charge in [-0.15, -0.1) is 0 Å². The van der Waals surface area contributed by atoms with Gasteiger partial charge in [0.25, 0.3) is 0 Å². The van der Waals surface area contributed by atoms with Crippen molar-refractivity contribution in [1.29, 1.82) is 0 Å². The van der Waals surface area contributed by atoms with Crippen LogP contribution in [0.3, 0.4) is 0 Å². The average Bonchev–Trinajstić information content (AvgIpc) is 2.82. The lowest BCUT2D eigenvalue weighted by atomic mass is 9.90. The molecule has 0 fully saturated rings. The summed E-state index contributed by atoms with van der Waals surface area (Å²) in [6.07, 6.45) is 1.49. The maximum Gasteiger partial charge on any atom is 0.175 e. The highest BCUT2D eigenvalue weighted by atomic mass is 32.2. The normalized spacial score (nSPS) is 24.9. The third kappa shape index (κ3) is 3.14. The van der Waals surface area contributed by atoms with Crippen LogP contribution in [0.1, 0.15) is 25.8 Å². The predicted molar refractivity (Wildman–Crippen MR) is 82.6 cm³/mol. The van der Waals surface area contributed by atoms with Crippen LogP contribution in [0.25, 0.3) is 0 Å². The molecule has 0 aromatic heterocycles. The predicted octanol–water partition coefficient (Wildman–Crippen LogP) is 0.888. The van der Waals surface area contributed by atoms with Crippen LogP contribution in [0, 0.1) is 0 Å². The van der Waals surface area contributed by atoms with Crippen molar-refractivity contribution in [2.24, 2.45) is 5.10 Å². The lowest BCUT2D eigenvalue weighted by Crippen LogP contribution is -2.57. The molecule has 0 saturated carbocycles. The zero-order valence-electron chi connectivity index (χ0n) is 12.8. The van der Waals surface area contributed by atoms with Gasteiger partial charge in [-0.1, -0.05) is 19.1 Å². The Labute approximate surface area is 130 Å². The van der Waals surface area contributed by atoms with Gasteiger partial charge in [-0.05, 0) is 31.0 Å². The number of benzene rings is 1. The van der Waals surface area contributed by atoms with Gasteiger partial charge in [0.05, 0.1) is 10.6 Å². The third-order valence-electron chi connectivity index (χ3n) is 3.59. The van der Waals surface area contributed by atoms with Gasteiger partial charge in [0.2, 0.25) is 0 Å². The molecular weight excluding hydrogens is 306 g/mol. The molecule has 0 spiro atoms. The van der Waals surface area contributed by atoms with Crippen LogP contribution in [0.4, 0.5) is 0 Å². The monoisotopic (exact) mass is 327 g/mol. The van der Waals surface area contributed by atoms with E-state index in [-0.39, 0.29) is 4.90 Å². The molecule has 2 atom stereocenters. The van der Waals surface area contributed by atoms with Gasteiger partial charge in [-0.25, -0.2) is 8.42 Å². The van der Waals surface area contributed by atoms with Gasteiger partial charge in [-0.3, -0.25) is 5.43 Å². The molecule has 122 valence electrons. The van der Waals surface area contributed by atoms with E-state index in [2.05, 4.69) is 16.0 Å². The molecule has 0 saturated heterocycles. The van der Waals surface area contributed by atoms with Crippen LogP contribution >= 0.6 is 0 Å². The summed E-state index contributed by atoms with van der Waals surface area (Å²) in [6.45, 7) is 4.28. The van der Waals surface area contributed by atoms with Crippen LogP contribution in [0.5, 0.6) is 0 Å². The number of sulfone groups is 1. The summed E-state index contributed by atoms with van der Waals surface area (Å²) >= 11 is 0. The highest BCUT2D eigenvalue weighted by Crippen LogP contribution is 2.25. The molecule has 1 aliphatic rings. The maximum absolute atomic E-state index is 11.5. The molecule has 2 unspecified atom stereocenters. The summed E-state index contributed by atoms with van der Waals surface area (Å²) in [4.78, 5) is 0.236. The minimum Gasteiger partial charge on any atom is -0.355 e. The standard InChI is InChI=1S/C14H21N3O4S/c1-4-9-21-13-14(2,17-18)12(15-16-13)10-5-7-11(8-6-10)22(3,19)20/h5-8,13,16-18H,4,9H2,1-3H3. The van der Waals surface area contributed by atoms with Crippen molar-refractivity contribution in [2.75, 3.05) is 12.9 Å². The molecule has 0 aliphatic carbocycles. The van der Waals surface area contributed by atoms with Crippen molar-refractivity contribution in [2.45, 2.75) is 36.9 Å². The fraction of sp³-hybridized carbons (Fsp3) is 0.500. The first-order chi connectivity index (χ1) is 10.3. The second-order valence-electron chi connectivity index (χ2n) is 5.45. The molecule has 0 amide bonds. The topological polar surface area (TPSA) is 100 Å². The van der Waals surface area contributed by atoms with Gasteiger partial charge in [0.1, 0.15) is 5.54 Å². The smallest absolute Gasteiger partial charge is 0.175 e. The Bertz CT molecular complexity index is 657. The van der Waals surface area contributed by atoms with E-state index >= 15 is 0 Å². The van der Waals surface area contributed by atoms with Crippen molar-refractivity contribution in [3.05, 3.63) is 29.8 Å². The number of hydrogen-bond donors (Lipinski definition) is 3. The van der Waals surface area contributed by atoms with E-state index in [0.29, 0.717) is 17.9 Å². The molecule has 1 aliphatic heterocycles. The summed E-state index contributed by atoms with van der Waals surface area (Å²) in [7, 11) is -3.25. The number of hydrazone groups is 1. The second kappa shape index (κ2) is 6.33. The summed E-state index contributed by atoms with van der Waals surface area (Å²) < 4.78 is 28.7. The highest BCUT2D eigenvalue weighted by Gasteiger charge is 2.45. The van der Waals surface area contributed by atoms with E-state index in [4.69, 9.17) is 4.74 Å². The van der Waals surface area contributed by atoms with Gasteiger partial charge >= 0.3 is 0 Å². The Hall–Kier alpha value is -1.48. The number of rotatable bonds is 6. The van der Waals surface area contributed by atoms with Crippen molar-refractivity contribution in [3.63, 3.8) is 0 Å². The van der Waals surface area contributed by atoms with E-state index in [1.165, 1.54) is 12.1 Å². The molecule has 0 radical (unpaired) electrons. The molecule has 1 aromatic carbocycles. The Morgan fingerprint density at radius 1 is 1.41 bits per heavy atom. The number of hydrogen-bond acceptors (Lipinski definition) is 7. The van der Waals surface area contributed by atoms with Crippen LogP contribution < -0.4 is 10.9 Å². The summed E-state index contributed by atoms with van der Waals surface area (Å²) in [5.74, 6) is 0. The largest absolute Gasteiger partial charge is 0.355 e. The zero-order chi connectivity index (χ0) is 16.4. The lowest BCUT2D eigenvalue weighted by Gasteiger charge is -2.30. The van der Waals surface area contributed by atoms with Crippen molar-refractivity contribution < 1.29 is 18.4 Å². The minimum absolute atomic E-state index is 0.236. The summed E-state index contributed by atoms with van der Waals surface area (Å²) in [5.41, 5.74) is 5.43. The molecule has 2 rings (SSSR count). The van der Waals surface area contributed by atoms with Crippen LogP contribution in [0.2, 0.25) is 0 Å². The van der Waals surface area contributed by atoms with Crippen molar-refractivity contribution >= 4 is 15.5 Å². The Kier molecular flexibility index (Phi) is 4.86. The first-order valence-electron chi connectivity index (χ1n) is 7.00. The van der Waals surface area contributed by atoms with Crippen molar-refractivity contribution in [1.82, 2.24) is 10.9 Å². The van der Waals surface area contributed by atoms with Crippen LogP contribution in [-0.2, 0) is 14.6 Å². The fourth-order valence-electron chi connectivity index (χ4n) is 2.27. The summed E-state index contributed by atoms with van der Waals surface area (Å²) in [5, 5.41) is 13.8. The first kappa shape index (κ1) is 16.9. The molecule has 7 nitrogen and oxygen atoms in total. The lowest BCUT2D eigenvalue weighted by molar-refractivity contribution is -0.0385. The second-order valence-corrected chi connectivity index (χ2v) is 7.47. The Balaban J connectivity index is 2.28. The minimum atomic E-state index is -3.25. The van der Waals surface area contributed by atoms with Crippen molar-refractivity contribution in [3.8, 4) is 0 Å². The molecule has 1 aromatic rings. The van der Waals surface area contributed by atoms with Gasteiger partial charge in [0.15, 0.2) is 16.1 Å². The number of ether oxygens (including phenoxy) is 1. The van der Waals surface area contributed by atoms with E-state index in [0.717, 1.165) is 12.7 Å². The van der Waals surface area contributed by atoms with E-state index < -0.39 is 21.6 Å². The fourth-order valence-corrected chi connectivity index (χ4v) is 2.90. The molecule has 22 heavy (non-hydrogen) atoms. The molecule has 3 N–H and O–H groups in total. The first-order valence-corrected chi connectivity index (χ1v) is 8.89. The van der Waals surface area contributed by atoms with Gasteiger partial charge in [-0.2, -0.15) is 10.6 Å². The molecule has 8 heteroatoms. The molecule has 0 bridgehead atoms. The van der Waals surface area contributed by atoms with Crippen LogP contribution in [-0.4, -0.2) is 44.0 Å². The molecule has 1 heterocycles. The van der Waals surface area contributed by atoms with Crippen LogP contribution in [0.15, 0.2) is 34.3 Å². The number of nitrogens with zero attached hydrogens (tertiary/aromatic N) is 1. The highest BCUT2D eigenvalue weighted by molar-refractivity contribution is 7.90.